The van der Waals surface area contributed by atoms with Crippen LogP contribution in [0.5, 0.6) is 5.75 Å². The molecule has 0 saturated heterocycles. The lowest BCUT2D eigenvalue weighted by molar-refractivity contribution is 0.102. The Morgan fingerprint density at radius 1 is 1.00 bits per heavy atom. The highest BCUT2D eigenvalue weighted by Crippen LogP contribution is 2.19. The van der Waals surface area contributed by atoms with Crippen LogP contribution in [-0.4, -0.2) is 37.1 Å². The third-order valence-electron chi connectivity index (χ3n) is 3.87. The van der Waals surface area contributed by atoms with Crippen molar-refractivity contribution in [3.63, 3.8) is 0 Å². The van der Waals surface area contributed by atoms with Gasteiger partial charge in [0.2, 0.25) is 0 Å². The summed E-state index contributed by atoms with van der Waals surface area (Å²) in [5, 5.41) is 5.93. The number of carbonyl (C=O) groups excluding carboxylic acids is 1. The van der Waals surface area contributed by atoms with Crippen molar-refractivity contribution < 1.29 is 9.53 Å². The number of benzene rings is 2. The van der Waals surface area contributed by atoms with Gasteiger partial charge in [0.1, 0.15) is 17.3 Å². The molecule has 0 bridgehead atoms. The fraction of sp³-hybridized carbons (Fsp3) is 0.150. The van der Waals surface area contributed by atoms with Crippen LogP contribution in [0, 0.1) is 0 Å². The van der Waals surface area contributed by atoms with Gasteiger partial charge in [-0.25, -0.2) is 9.97 Å². The van der Waals surface area contributed by atoms with E-state index in [2.05, 4.69) is 20.6 Å². The maximum absolute atomic E-state index is 12.3. The Morgan fingerprint density at radius 2 is 1.78 bits per heavy atom. The summed E-state index contributed by atoms with van der Waals surface area (Å²) in [7, 11) is 5.55. The molecule has 7 nitrogen and oxygen atoms in total. The smallest absolute Gasteiger partial charge is 0.275 e. The van der Waals surface area contributed by atoms with Crippen molar-refractivity contribution >= 4 is 28.8 Å². The third-order valence-corrected chi connectivity index (χ3v) is 3.87. The maximum Gasteiger partial charge on any atom is 0.275 e. The fourth-order valence-electron chi connectivity index (χ4n) is 2.40. The van der Waals surface area contributed by atoms with Gasteiger partial charge in [-0.3, -0.25) is 4.79 Å². The average Bonchev–Trinajstić information content (AvgIpc) is 2.69. The van der Waals surface area contributed by atoms with Crippen molar-refractivity contribution in [3.8, 4) is 5.75 Å². The highest BCUT2D eigenvalue weighted by atomic mass is 16.5. The van der Waals surface area contributed by atoms with E-state index in [9.17, 15) is 4.79 Å². The summed E-state index contributed by atoms with van der Waals surface area (Å²) in [4.78, 5) is 22.8. The van der Waals surface area contributed by atoms with E-state index < -0.39 is 0 Å². The van der Waals surface area contributed by atoms with Crippen molar-refractivity contribution in [3.05, 3.63) is 66.6 Å². The quantitative estimate of drug-likeness (QED) is 0.697. The summed E-state index contributed by atoms with van der Waals surface area (Å²) in [6.07, 6.45) is 2.96. The molecule has 0 unspecified atom stereocenters. The van der Waals surface area contributed by atoms with Gasteiger partial charge in [-0.05, 0) is 36.4 Å². The Kier molecular flexibility index (Phi) is 5.51. The molecule has 1 aromatic heterocycles. The summed E-state index contributed by atoms with van der Waals surface area (Å²) in [6.45, 7) is 0. The average molecular weight is 363 g/mol. The van der Waals surface area contributed by atoms with Gasteiger partial charge in [0.25, 0.3) is 5.91 Å². The molecule has 2 N–H and O–H groups in total. The minimum Gasteiger partial charge on any atom is -0.497 e. The number of carbonyl (C=O) groups is 1. The molecule has 3 rings (SSSR count). The number of anilines is 4. The highest BCUT2D eigenvalue weighted by Gasteiger charge is 2.09. The molecule has 0 atom stereocenters. The number of aromatic nitrogens is 2. The minimum atomic E-state index is -0.336. The Morgan fingerprint density at radius 3 is 2.41 bits per heavy atom. The highest BCUT2D eigenvalue weighted by molar-refractivity contribution is 6.02. The Balaban J connectivity index is 1.64. The molecule has 1 amide bonds. The van der Waals surface area contributed by atoms with Crippen molar-refractivity contribution in [1.29, 1.82) is 0 Å². The first-order chi connectivity index (χ1) is 13.0. The van der Waals surface area contributed by atoms with Gasteiger partial charge in [0.05, 0.1) is 19.5 Å². The van der Waals surface area contributed by atoms with E-state index in [0.29, 0.717) is 17.3 Å². The second kappa shape index (κ2) is 8.18. The largest absolute Gasteiger partial charge is 0.497 e. The van der Waals surface area contributed by atoms with Crippen molar-refractivity contribution in [1.82, 2.24) is 9.97 Å². The maximum atomic E-state index is 12.3. The predicted molar refractivity (Wildman–Crippen MR) is 107 cm³/mol. The number of amides is 1. The van der Waals surface area contributed by atoms with E-state index in [1.807, 2.05) is 43.3 Å². The van der Waals surface area contributed by atoms with Gasteiger partial charge in [0.15, 0.2) is 0 Å². The van der Waals surface area contributed by atoms with Crippen molar-refractivity contribution in [2.24, 2.45) is 0 Å². The van der Waals surface area contributed by atoms with E-state index in [1.54, 1.807) is 31.4 Å². The topological polar surface area (TPSA) is 79.4 Å². The second-order valence-corrected chi connectivity index (χ2v) is 6.04. The molecule has 3 aromatic rings. The van der Waals surface area contributed by atoms with Gasteiger partial charge in [-0.15, -0.1) is 0 Å². The van der Waals surface area contributed by atoms with Gasteiger partial charge in [0, 0.05) is 37.2 Å². The first-order valence-corrected chi connectivity index (χ1v) is 8.37. The van der Waals surface area contributed by atoms with Crippen molar-refractivity contribution in [2.45, 2.75) is 0 Å². The first-order valence-electron chi connectivity index (χ1n) is 8.37. The summed E-state index contributed by atoms with van der Waals surface area (Å²) < 4.78 is 5.14. The van der Waals surface area contributed by atoms with E-state index in [4.69, 9.17) is 4.74 Å². The molecule has 0 aliphatic rings. The SMILES string of the molecule is COc1cccc(NC(=O)c2cnc(Nc3ccc(N(C)C)cc3)cn2)c1. The molecule has 0 spiro atoms. The van der Waals surface area contributed by atoms with Crippen LogP contribution in [-0.2, 0) is 0 Å². The number of nitrogens with one attached hydrogen (secondary N) is 2. The van der Waals surface area contributed by atoms with Crippen LogP contribution in [0.1, 0.15) is 10.5 Å². The summed E-state index contributed by atoms with van der Waals surface area (Å²) >= 11 is 0. The van der Waals surface area contributed by atoms with Crippen LogP contribution in [0.15, 0.2) is 60.9 Å². The van der Waals surface area contributed by atoms with Gasteiger partial charge >= 0.3 is 0 Å². The number of ether oxygens (including phenoxy) is 1. The van der Waals surface area contributed by atoms with Crippen LogP contribution in [0.2, 0.25) is 0 Å². The fourth-order valence-corrected chi connectivity index (χ4v) is 2.40. The molecule has 7 heteroatoms. The molecule has 27 heavy (non-hydrogen) atoms. The van der Waals surface area contributed by atoms with Crippen LogP contribution in [0.25, 0.3) is 0 Å². The zero-order chi connectivity index (χ0) is 19.2. The van der Waals surface area contributed by atoms with E-state index >= 15 is 0 Å². The van der Waals surface area contributed by atoms with Crippen LogP contribution < -0.4 is 20.3 Å². The lowest BCUT2D eigenvalue weighted by Crippen LogP contribution is -2.14. The van der Waals surface area contributed by atoms with Crippen LogP contribution in [0.4, 0.5) is 22.9 Å². The summed E-state index contributed by atoms with van der Waals surface area (Å²) in [6, 6.07) is 15.0. The molecule has 0 radical (unpaired) electrons. The zero-order valence-electron chi connectivity index (χ0n) is 15.4. The normalized spacial score (nSPS) is 10.2. The third kappa shape index (κ3) is 4.72. The first kappa shape index (κ1) is 18.2. The Bertz CT molecular complexity index is 908. The van der Waals surface area contributed by atoms with Gasteiger partial charge < -0.3 is 20.3 Å². The molecule has 0 fully saturated rings. The number of hydrogen-bond donors (Lipinski definition) is 2. The molecule has 0 saturated carbocycles. The zero-order valence-corrected chi connectivity index (χ0v) is 15.4. The molecule has 1 heterocycles. The number of hydrogen-bond acceptors (Lipinski definition) is 6. The standard InChI is InChI=1S/C20H21N5O2/c1-25(2)16-9-7-14(8-10-16)23-19-13-21-18(12-22-19)20(26)24-15-5-4-6-17(11-15)27-3/h4-13H,1-3H3,(H,22,23)(H,24,26). The number of rotatable bonds is 6. The van der Waals surface area contributed by atoms with Gasteiger partial charge in [-0.2, -0.15) is 0 Å². The van der Waals surface area contributed by atoms with E-state index in [0.717, 1.165) is 11.4 Å². The Labute approximate surface area is 158 Å². The molecule has 0 aliphatic heterocycles. The summed E-state index contributed by atoms with van der Waals surface area (Å²) in [5.74, 6) is 0.891. The monoisotopic (exact) mass is 363 g/mol. The Hall–Kier alpha value is -3.61. The number of methoxy groups -OCH3 is 1. The van der Waals surface area contributed by atoms with Gasteiger partial charge in [-0.1, -0.05) is 6.07 Å². The predicted octanol–water partition coefficient (Wildman–Crippen LogP) is 3.55. The van der Waals surface area contributed by atoms with E-state index in [-0.39, 0.29) is 11.6 Å². The molecule has 138 valence electrons. The molecule has 0 aliphatic carbocycles. The molecular formula is C20H21N5O2. The summed E-state index contributed by atoms with van der Waals surface area (Å²) in [5.41, 5.74) is 2.86. The minimum absolute atomic E-state index is 0.228. The van der Waals surface area contributed by atoms with Crippen LogP contribution in [0.3, 0.4) is 0 Å². The second-order valence-electron chi connectivity index (χ2n) is 6.04. The lowest BCUT2D eigenvalue weighted by Gasteiger charge is -2.13. The lowest BCUT2D eigenvalue weighted by atomic mass is 10.2. The van der Waals surface area contributed by atoms with Crippen LogP contribution >= 0.6 is 0 Å². The number of nitrogens with zero attached hydrogens (tertiary/aromatic N) is 3. The van der Waals surface area contributed by atoms with Crippen molar-refractivity contribution in [2.75, 3.05) is 36.7 Å². The molecule has 2 aromatic carbocycles. The molecular weight excluding hydrogens is 342 g/mol. The van der Waals surface area contributed by atoms with E-state index in [1.165, 1.54) is 12.4 Å².